The molecule has 2 fully saturated rings. The summed E-state index contributed by atoms with van der Waals surface area (Å²) in [5.41, 5.74) is 0. The third kappa shape index (κ3) is 8.26. The average molecular weight is 368 g/mol. The van der Waals surface area contributed by atoms with Gasteiger partial charge in [-0.25, -0.2) is 0 Å². The fourth-order valence-corrected chi connectivity index (χ4v) is 4.14. The van der Waals surface area contributed by atoms with E-state index in [1.165, 1.54) is 44.9 Å². The lowest BCUT2D eigenvalue weighted by Crippen LogP contribution is -2.47. The zero-order valence-electron chi connectivity index (χ0n) is 17.2. The topological polar surface area (TPSA) is 46.1 Å². The van der Waals surface area contributed by atoms with E-state index in [1.807, 2.05) is 0 Å². The largest absolute Gasteiger partial charge is 0.385 e. The van der Waals surface area contributed by atoms with Crippen molar-refractivity contribution in [2.24, 2.45) is 10.9 Å². The van der Waals surface area contributed by atoms with E-state index in [2.05, 4.69) is 17.1 Å². The maximum Gasteiger partial charge on any atom is 0.193 e. The summed E-state index contributed by atoms with van der Waals surface area (Å²) in [5.74, 6) is 2.11. The van der Waals surface area contributed by atoms with E-state index >= 15 is 0 Å². The highest BCUT2D eigenvalue weighted by atomic mass is 16.5. The zero-order chi connectivity index (χ0) is 18.5. The lowest BCUT2D eigenvalue weighted by atomic mass is 10.0. The van der Waals surface area contributed by atoms with Gasteiger partial charge < -0.3 is 19.7 Å². The van der Waals surface area contributed by atoms with Gasteiger partial charge in [0.2, 0.25) is 0 Å². The van der Waals surface area contributed by atoms with Gasteiger partial charge in [-0.15, -0.1) is 0 Å². The molecule has 0 aromatic heterocycles. The van der Waals surface area contributed by atoms with E-state index in [1.54, 1.807) is 7.11 Å². The second-order valence-corrected chi connectivity index (χ2v) is 7.79. The number of hydrogen-bond acceptors (Lipinski definition) is 3. The Morgan fingerprint density at radius 3 is 2.50 bits per heavy atom. The van der Waals surface area contributed by atoms with Gasteiger partial charge in [-0.05, 0) is 38.5 Å². The molecule has 1 N–H and O–H groups in total. The maximum absolute atomic E-state index is 5.97. The van der Waals surface area contributed by atoms with Gasteiger partial charge in [0.1, 0.15) is 0 Å². The number of ether oxygens (including phenoxy) is 2. The summed E-state index contributed by atoms with van der Waals surface area (Å²) in [6.07, 6.45) is 13.4. The summed E-state index contributed by atoms with van der Waals surface area (Å²) in [5, 5.41) is 3.48. The Balaban J connectivity index is 1.62. The van der Waals surface area contributed by atoms with Gasteiger partial charge in [0.25, 0.3) is 0 Å². The molecule has 0 unspecified atom stereocenters. The molecule has 1 aliphatic carbocycles. The Hall–Kier alpha value is -0.810. The fourth-order valence-electron chi connectivity index (χ4n) is 4.14. The van der Waals surface area contributed by atoms with Crippen LogP contribution in [0.25, 0.3) is 0 Å². The van der Waals surface area contributed by atoms with E-state index in [4.69, 9.17) is 14.5 Å². The number of guanidine groups is 1. The van der Waals surface area contributed by atoms with Gasteiger partial charge in [-0.2, -0.15) is 0 Å². The van der Waals surface area contributed by atoms with Crippen LogP contribution in [0.3, 0.4) is 0 Å². The average Bonchev–Trinajstić information content (AvgIpc) is 3.18. The minimum atomic E-state index is 0.400. The van der Waals surface area contributed by atoms with Crippen molar-refractivity contribution in [3.8, 4) is 0 Å². The SMILES string of the molecule is CCNC(=NCCCCC1CCCC1)N1CCC(OCCCOC)CC1. The van der Waals surface area contributed by atoms with E-state index in [9.17, 15) is 0 Å². The van der Waals surface area contributed by atoms with Crippen LogP contribution in [0, 0.1) is 5.92 Å². The van der Waals surface area contributed by atoms with Crippen molar-refractivity contribution in [2.45, 2.75) is 77.2 Å². The molecule has 1 aliphatic heterocycles. The number of unbranched alkanes of at least 4 members (excludes halogenated alkanes) is 1. The van der Waals surface area contributed by atoms with Crippen molar-refractivity contribution < 1.29 is 9.47 Å². The first-order valence-electron chi connectivity index (χ1n) is 11.0. The first-order valence-corrected chi connectivity index (χ1v) is 11.0. The lowest BCUT2D eigenvalue weighted by molar-refractivity contribution is 0.00990. The third-order valence-corrected chi connectivity index (χ3v) is 5.68. The summed E-state index contributed by atoms with van der Waals surface area (Å²) >= 11 is 0. The molecule has 0 atom stereocenters. The van der Waals surface area contributed by atoms with E-state index in [0.717, 1.165) is 70.5 Å². The number of methoxy groups -OCH3 is 1. The molecule has 26 heavy (non-hydrogen) atoms. The molecule has 0 radical (unpaired) electrons. The molecule has 152 valence electrons. The second kappa shape index (κ2) is 13.4. The molecule has 5 nitrogen and oxygen atoms in total. The summed E-state index contributed by atoms with van der Waals surface area (Å²) in [4.78, 5) is 7.30. The predicted octanol–water partition coefficient (Wildman–Crippen LogP) is 3.83. The van der Waals surface area contributed by atoms with Crippen molar-refractivity contribution in [3.05, 3.63) is 0 Å². The highest BCUT2D eigenvalue weighted by Crippen LogP contribution is 2.28. The van der Waals surface area contributed by atoms with Crippen molar-refractivity contribution in [2.75, 3.05) is 46.5 Å². The van der Waals surface area contributed by atoms with Crippen LogP contribution < -0.4 is 5.32 Å². The molecular formula is C21H41N3O2. The van der Waals surface area contributed by atoms with Crippen molar-refractivity contribution in [3.63, 3.8) is 0 Å². The molecule has 1 saturated carbocycles. The molecular weight excluding hydrogens is 326 g/mol. The van der Waals surface area contributed by atoms with Crippen molar-refractivity contribution >= 4 is 5.96 Å². The van der Waals surface area contributed by atoms with Gasteiger partial charge >= 0.3 is 0 Å². The van der Waals surface area contributed by atoms with Gasteiger partial charge in [0.15, 0.2) is 5.96 Å². The van der Waals surface area contributed by atoms with Crippen LogP contribution in [-0.2, 0) is 9.47 Å². The molecule has 1 heterocycles. The van der Waals surface area contributed by atoms with Gasteiger partial charge in [-0.3, -0.25) is 4.99 Å². The third-order valence-electron chi connectivity index (χ3n) is 5.68. The van der Waals surface area contributed by atoms with Crippen LogP contribution in [0.1, 0.15) is 71.1 Å². The van der Waals surface area contributed by atoms with Gasteiger partial charge in [-0.1, -0.05) is 38.5 Å². The Labute approximate surface area is 160 Å². The molecule has 0 spiro atoms. The minimum absolute atomic E-state index is 0.400. The van der Waals surface area contributed by atoms with Gasteiger partial charge in [0.05, 0.1) is 6.10 Å². The molecule has 2 aliphatic rings. The van der Waals surface area contributed by atoms with E-state index in [-0.39, 0.29) is 0 Å². The van der Waals surface area contributed by atoms with Crippen LogP contribution in [0.2, 0.25) is 0 Å². The zero-order valence-corrected chi connectivity index (χ0v) is 17.2. The van der Waals surface area contributed by atoms with Crippen molar-refractivity contribution in [1.29, 1.82) is 0 Å². The Morgan fingerprint density at radius 2 is 1.81 bits per heavy atom. The number of nitrogens with one attached hydrogen (secondary N) is 1. The Kier molecular flexibility index (Phi) is 11.1. The van der Waals surface area contributed by atoms with Crippen LogP contribution in [0.4, 0.5) is 0 Å². The normalized spacial score (nSPS) is 20.1. The highest BCUT2D eigenvalue weighted by molar-refractivity contribution is 5.80. The summed E-state index contributed by atoms with van der Waals surface area (Å²) < 4.78 is 11.0. The minimum Gasteiger partial charge on any atom is -0.385 e. The number of nitrogens with zero attached hydrogens (tertiary/aromatic N) is 2. The first-order chi connectivity index (χ1) is 12.8. The smallest absolute Gasteiger partial charge is 0.193 e. The molecule has 0 amide bonds. The number of piperidine rings is 1. The standard InChI is InChI=1S/C21H41N3O2/c1-3-22-21(23-14-7-6-11-19-9-4-5-10-19)24-15-12-20(13-16-24)26-18-8-17-25-2/h19-20H,3-18H2,1-2H3,(H,22,23). The molecule has 0 aromatic carbocycles. The second-order valence-electron chi connectivity index (χ2n) is 7.79. The summed E-state index contributed by atoms with van der Waals surface area (Å²) in [6.45, 7) is 7.74. The fraction of sp³-hybridized carbons (Fsp3) is 0.952. The van der Waals surface area contributed by atoms with Crippen LogP contribution in [0.5, 0.6) is 0 Å². The van der Waals surface area contributed by atoms with Crippen molar-refractivity contribution in [1.82, 2.24) is 10.2 Å². The molecule has 5 heteroatoms. The first kappa shape index (κ1) is 21.5. The van der Waals surface area contributed by atoms with Crippen LogP contribution >= 0.6 is 0 Å². The number of likely N-dealkylation sites (tertiary alicyclic amines) is 1. The predicted molar refractivity (Wildman–Crippen MR) is 109 cm³/mol. The summed E-state index contributed by atoms with van der Waals surface area (Å²) in [7, 11) is 1.74. The van der Waals surface area contributed by atoms with Crippen LogP contribution in [-0.4, -0.2) is 63.5 Å². The maximum atomic E-state index is 5.97. The van der Waals surface area contributed by atoms with E-state index in [0.29, 0.717) is 6.10 Å². The highest BCUT2D eigenvalue weighted by Gasteiger charge is 2.21. The number of aliphatic imine (C=N–C) groups is 1. The quantitative estimate of drug-likeness (QED) is 0.342. The van der Waals surface area contributed by atoms with E-state index < -0.39 is 0 Å². The molecule has 1 saturated heterocycles. The molecule has 0 bridgehead atoms. The van der Waals surface area contributed by atoms with Crippen LogP contribution in [0.15, 0.2) is 4.99 Å². The number of rotatable bonds is 11. The molecule has 0 aromatic rings. The Bertz CT molecular complexity index is 375. The van der Waals surface area contributed by atoms with Gasteiger partial charge in [0, 0.05) is 46.5 Å². The lowest BCUT2D eigenvalue weighted by Gasteiger charge is -2.34. The number of hydrogen-bond donors (Lipinski definition) is 1. The monoisotopic (exact) mass is 367 g/mol. The summed E-state index contributed by atoms with van der Waals surface area (Å²) in [6, 6.07) is 0. The Morgan fingerprint density at radius 1 is 1.04 bits per heavy atom. The molecule has 2 rings (SSSR count).